The van der Waals surface area contributed by atoms with Gasteiger partial charge in [0.05, 0.1) is 0 Å². The second-order valence-electron chi connectivity index (χ2n) is 5.36. The highest BCUT2D eigenvalue weighted by molar-refractivity contribution is 5.39. The molecule has 1 aromatic rings. The summed E-state index contributed by atoms with van der Waals surface area (Å²) in [5, 5.41) is 0. The van der Waals surface area contributed by atoms with E-state index in [1.165, 1.54) is 36.8 Å². The van der Waals surface area contributed by atoms with E-state index >= 15 is 0 Å². The van der Waals surface area contributed by atoms with Gasteiger partial charge in [-0.1, -0.05) is 44.5 Å². The first-order chi connectivity index (χ1) is 7.72. The summed E-state index contributed by atoms with van der Waals surface area (Å²) in [5.74, 6) is 0.773. The van der Waals surface area contributed by atoms with Crippen LogP contribution in [0.5, 0.6) is 0 Å². The highest BCUT2D eigenvalue weighted by Gasteiger charge is 2.37. The zero-order valence-electron chi connectivity index (χ0n) is 10.5. The van der Waals surface area contributed by atoms with E-state index in [4.69, 9.17) is 5.73 Å². The second-order valence-corrected chi connectivity index (χ2v) is 5.36. The standard InChI is InChI=1S/C15H23N/c1-3-12(2)10-15(11-16)9-8-13-6-4-5-7-14(13)15/h4-7,12H,3,8-11,16H2,1-2H3. The molecule has 2 rings (SSSR count). The van der Waals surface area contributed by atoms with E-state index in [9.17, 15) is 0 Å². The molecule has 0 saturated heterocycles. The monoisotopic (exact) mass is 217 g/mol. The Morgan fingerprint density at radius 2 is 2.12 bits per heavy atom. The predicted molar refractivity (Wildman–Crippen MR) is 69.6 cm³/mol. The molecule has 0 heterocycles. The van der Waals surface area contributed by atoms with Gasteiger partial charge in [-0.2, -0.15) is 0 Å². The maximum Gasteiger partial charge on any atom is 0.00839 e. The summed E-state index contributed by atoms with van der Waals surface area (Å²) >= 11 is 0. The Labute approximate surface area is 99.0 Å². The molecule has 88 valence electrons. The minimum absolute atomic E-state index is 0.270. The third-order valence-electron chi connectivity index (χ3n) is 4.29. The van der Waals surface area contributed by atoms with Crippen LogP contribution in [0.3, 0.4) is 0 Å². The highest BCUT2D eigenvalue weighted by atomic mass is 14.6. The van der Waals surface area contributed by atoms with Gasteiger partial charge in [0.2, 0.25) is 0 Å². The summed E-state index contributed by atoms with van der Waals surface area (Å²) in [5.41, 5.74) is 9.41. The number of hydrogen-bond donors (Lipinski definition) is 1. The molecule has 2 unspecified atom stereocenters. The Kier molecular flexibility index (Phi) is 3.34. The number of benzene rings is 1. The Morgan fingerprint density at radius 3 is 2.81 bits per heavy atom. The number of nitrogens with two attached hydrogens (primary N) is 1. The lowest BCUT2D eigenvalue weighted by Crippen LogP contribution is -2.34. The summed E-state index contributed by atoms with van der Waals surface area (Å²) in [7, 11) is 0. The van der Waals surface area contributed by atoms with Crippen LogP contribution < -0.4 is 5.73 Å². The van der Waals surface area contributed by atoms with Gasteiger partial charge in [0, 0.05) is 12.0 Å². The van der Waals surface area contributed by atoms with Crippen molar-refractivity contribution in [3.63, 3.8) is 0 Å². The molecule has 0 amide bonds. The smallest absolute Gasteiger partial charge is 0.00839 e. The van der Waals surface area contributed by atoms with Crippen LogP contribution in [0.15, 0.2) is 24.3 Å². The van der Waals surface area contributed by atoms with Crippen molar-refractivity contribution in [2.45, 2.75) is 44.9 Å². The van der Waals surface area contributed by atoms with Crippen LogP contribution in [-0.2, 0) is 11.8 Å². The fourth-order valence-electron chi connectivity index (χ4n) is 3.08. The van der Waals surface area contributed by atoms with Crippen molar-refractivity contribution in [2.75, 3.05) is 6.54 Å². The van der Waals surface area contributed by atoms with Gasteiger partial charge in [-0.25, -0.2) is 0 Å². The molecule has 0 radical (unpaired) electrons. The van der Waals surface area contributed by atoms with E-state index in [0.29, 0.717) is 0 Å². The first-order valence-corrected chi connectivity index (χ1v) is 6.50. The van der Waals surface area contributed by atoms with Gasteiger partial charge >= 0.3 is 0 Å². The van der Waals surface area contributed by atoms with Crippen LogP contribution in [0, 0.1) is 5.92 Å². The SMILES string of the molecule is CCC(C)CC1(CN)CCc2ccccc21. The topological polar surface area (TPSA) is 26.0 Å². The molecule has 1 aromatic carbocycles. The van der Waals surface area contributed by atoms with Crippen molar-refractivity contribution in [2.24, 2.45) is 11.7 Å². The van der Waals surface area contributed by atoms with Gasteiger partial charge in [0.1, 0.15) is 0 Å². The molecule has 1 heteroatoms. The van der Waals surface area contributed by atoms with Crippen LogP contribution in [-0.4, -0.2) is 6.54 Å². The Hall–Kier alpha value is -0.820. The largest absolute Gasteiger partial charge is 0.330 e. The van der Waals surface area contributed by atoms with Crippen molar-refractivity contribution < 1.29 is 0 Å². The number of hydrogen-bond acceptors (Lipinski definition) is 1. The minimum atomic E-state index is 0.270. The molecule has 2 N–H and O–H groups in total. The molecule has 1 nitrogen and oxygen atoms in total. The quantitative estimate of drug-likeness (QED) is 0.823. The lowest BCUT2D eigenvalue weighted by Gasteiger charge is -2.31. The first-order valence-electron chi connectivity index (χ1n) is 6.50. The van der Waals surface area contributed by atoms with Crippen LogP contribution in [0.25, 0.3) is 0 Å². The third-order valence-corrected chi connectivity index (χ3v) is 4.29. The Morgan fingerprint density at radius 1 is 1.38 bits per heavy atom. The average Bonchev–Trinajstić information content (AvgIpc) is 2.69. The summed E-state index contributed by atoms with van der Waals surface area (Å²) < 4.78 is 0. The number of aryl methyl sites for hydroxylation is 1. The molecule has 1 aliphatic carbocycles. The number of rotatable bonds is 4. The Balaban J connectivity index is 2.30. The van der Waals surface area contributed by atoms with Gasteiger partial charge in [-0.15, -0.1) is 0 Å². The fourth-order valence-corrected chi connectivity index (χ4v) is 3.08. The molecular formula is C15H23N. The lowest BCUT2D eigenvalue weighted by atomic mass is 9.74. The van der Waals surface area contributed by atoms with Gasteiger partial charge in [0.15, 0.2) is 0 Å². The van der Waals surface area contributed by atoms with E-state index in [0.717, 1.165) is 12.5 Å². The molecular weight excluding hydrogens is 194 g/mol. The maximum atomic E-state index is 6.09. The fraction of sp³-hybridized carbons (Fsp3) is 0.600. The van der Waals surface area contributed by atoms with Gasteiger partial charge in [-0.3, -0.25) is 0 Å². The van der Waals surface area contributed by atoms with E-state index in [-0.39, 0.29) is 5.41 Å². The van der Waals surface area contributed by atoms with E-state index < -0.39 is 0 Å². The third kappa shape index (κ3) is 1.89. The molecule has 0 fully saturated rings. The summed E-state index contributed by atoms with van der Waals surface area (Å²) in [6.45, 7) is 5.42. The van der Waals surface area contributed by atoms with Crippen molar-refractivity contribution in [3.05, 3.63) is 35.4 Å². The predicted octanol–water partition coefficient (Wildman–Crippen LogP) is 3.27. The molecule has 0 bridgehead atoms. The maximum absolute atomic E-state index is 6.09. The number of fused-ring (bicyclic) bond motifs is 1. The van der Waals surface area contributed by atoms with Crippen molar-refractivity contribution in [3.8, 4) is 0 Å². The summed E-state index contributed by atoms with van der Waals surface area (Å²) in [6.07, 6.45) is 4.96. The van der Waals surface area contributed by atoms with Gasteiger partial charge in [0.25, 0.3) is 0 Å². The van der Waals surface area contributed by atoms with Gasteiger partial charge in [-0.05, 0) is 36.3 Å². The molecule has 2 atom stereocenters. The van der Waals surface area contributed by atoms with E-state index in [1.807, 2.05) is 0 Å². The second kappa shape index (κ2) is 4.58. The highest BCUT2D eigenvalue weighted by Crippen LogP contribution is 2.42. The summed E-state index contributed by atoms with van der Waals surface area (Å²) in [4.78, 5) is 0. The van der Waals surface area contributed by atoms with Crippen LogP contribution >= 0.6 is 0 Å². The zero-order chi connectivity index (χ0) is 11.6. The molecule has 0 saturated carbocycles. The molecule has 0 aromatic heterocycles. The average molecular weight is 217 g/mol. The molecule has 1 aliphatic rings. The van der Waals surface area contributed by atoms with E-state index in [2.05, 4.69) is 38.1 Å². The van der Waals surface area contributed by atoms with Crippen LogP contribution in [0.4, 0.5) is 0 Å². The van der Waals surface area contributed by atoms with Gasteiger partial charge < -0.3 is 5.73 Å². The molecule has 0 aliphatic heterocycles. The molecule has 16 heavy (non-hydrogen) atoms. The zero-order valence-corrected chi connectivity index (χ0v) is 10.5. The normalized spacial score (nSPS) is 25.4. The Bertz CT molecular complexity index is 358. The van der Waals surface area contributed by atoms with Crippen molar-refractivity contribution in [1.82, 2.24) is 0 Å². The van der Waals surface area contributed by atoms with Crippen LogP contribution in [0.1, 0.15) is 44.2 Å². The summed E-state index contributed by atoms with van der Waals surface area (Å²) in [6, 6.07) is 8.86. The lowest BCUT2D eigenvalue weighted by molar-refractivity contribution is 0.326. The van der Waals surface area contributed by atoms with Crippen molar-refractivity contribution in [1.29, 1.82) is 0 Å². The molecule has 0 spiro atoms. The first kappa shape index (κ1) is 11.7. The van der Waals surface area contributed by atoms with E-state index in [1.54, 1.807) is 0 Å². The van der Waals surface area contributed by atoms with Crippen molar-refractivity contribution >= 4 is 0 Å². The van der Waals surface area contributed by atoms with Crippen LogP contribution in [0.2, 0.25) is 0 Å². The minimum Gasteiger partial charge on any atom is -0.330 e.